The first-order chi connectivity index (χ1) is 16.2. The van der Waals surface area contributed by atoms with Gasteiger partial charge < -0.3 is 14.0 Å². The second-order valence-corrected chi connectivity index (χ2v) is 10.2. The molecule has 34 heavy (non-hydrogen) atoms. The molecule has 0 unspecified atom stereocenters. The van der Waals surface area contributed by atoms with Gasteiger partial charge in [-0.1, -0.05) is 62.2 Å². The second kappa shape index (κ2) is 12.1. The lowest BCUT2D eigenvalue weighted by Crippen LogP contribution is -2.25. The van der Waals surface area contributed by atoms with Gasteiger partial charge in [-0.25, -0.2) is 4.79 Å². The predicted molar refractivity (Wildman–Crippen MR) is 129 cm³/mol. The van der Waals surface area contributed by atoms with Crippen molar-refractivity contribution in [1.82, 2.24) is 10.1 Å². The summed E-state index contributed by atoms with van der Waals surface area (Å²) in [6, 6.07) is 6.97. The van der Waals surface area contributed by atoms with E-state index in [4.69, 9.17) is 14.0 Å². The third-order valence-electron chi connectivity index (χ3n) is 6.15. The zero-order valence-electron chi connectivity index (χ0n) is 21.0. The summed E-state index contributed by atoms with van der Waals surface area (Å²) in [5.41, 5.74) is 0.555. The van der Waals surface area contributed by atoms with Gasteiger partial charge in [0.2, 0.25) is 11.7 Å². The Hall–Kier alpha value is -2.70. The smallest absolute Gasteiger partial charge is 0.338 e. The van der Waals surface area contributed by atoms with Crippen LogP contribution in [0, 0.1) is 5.92 Å². The number of rotatable bonds is 10. The lowest BCUT2D eigenvalue weighted by atomic mass is 9.84. The molecule has 1 heterocycles. The van der Waals surface area contributed by atoms with Crippen molar-refractivity contribution in [1.29, 1.82) is 0 Å². The molecule has 0 bridgehead atoms. The topological polar surface area (TPSA) is 91.5 Å². The minimum Gasteiger partial charge on any atom is -0.462 e. The Kier molecular flexibility index (Phi) is 9.25. The van der Waals surface area contributed by atoms with E-state index < -0.39 is 11.6 Å². The summed E-state index contributed by atoms with van der Waals surface area (Å²) in [6.07, 6.45) is 9.76. The van der Waals surface area contributed by atoms with Crippen LogP contribution in [0.4, 0.5) is 0 Å². The Morgan fingerprint density at radius 1 is 1.18 bits per heavy atom. The van der Waals surface area contributed by atoms with Crippen molar-refractivity contribution in [2.75, 3.05) is 6.61 Å². The molecule has 0 amide bonds. The summed E-state index contributed by atoms with van der Waals surface area (Å²) in [5.74, 6) is 0.749. The van der Waals surface area contributed by atoms with Gasteiger partial charge in [0, 0.05) is 11.5 Å². The van der Waals surface area contributed by atoms with E-state index in [2.05, 4.69) is 10.1 Å². The van der Waals surface area contributed by atoms with Gasteiger partial charge in [-0.15, -0.1) is 0 Å². The van der Waals surface area contributed by atoms with Gasteiger partial charge in [-0.2, -0.15) is 4.98 Å². The molecule has 7 heteroatoms. The van der Waals surface area contributed by atoms with E-state index >= 15 is 0 Å². The maximum Gasteiger partial charge on any atom is 0.338 e. The molecule has 0 radical (unpaired) electrons. The number of hydrogen-bond acceptors (Lipinski definition) is 7. The van der Waals surface area contributed by atoms with E-state index in [1.807, 2.05) is 26.8 Å². The minimum absolute atomic E-state index is 0.201. The number of carbonyl (C=O) groups excluding carboxylic acids is 2. The molecule has 1 aliphatic rings. The Bertz CT molecular complexity index is 940. The van der Waals surface area contributed by atoms with Crippen LogP contribution >= 0.6 is 0 Å². The first-order valence-electron chi connectivity index (χ1n) is 12.6. The zero-order valence-corrected chi connectivity index (χ0v) is 21.0. The molecule has 7 nitrogen and oxygen atoms in total. The molecule has 1 aromatic carbocycles. The molecule has 0 saturated heterocycles. The Morgan fingerprint density at radius 3 is 2.65 bits per heavy atom. The molecule has 1 aromatic heterocycles. The quantitative estimate of drug-likeness (QED) is 0.367. The van der Waals surface area contributed by atoms with Crippen molar-refractivity contribution in [3.63, 3.8) is 0 Å². The SMILES string of the molecule is CCOC(=O)c1cccc(-c2noc([C@@H](CCCC3CCCCC3)CC(=O)OC(C)(C)C)n2)c1. The van der Waals surface area contributed by atoms with Gasteiger partial charge in [0.05, 0.1) is 18.6 Å². The summed E-state index contributed by atoms with van der Waals surface area (Å²) in [7, 11) is 0. The van der Waals surface area contributed by atoms with E-state index in [9.17, 15) is 9.59 Å². The average molecular weight is 471 g/mol. The fourth-order valence-corrected chi connectivity index (χ4v) is 4.54. The summed E-state index contributed by atoms with van der Waals surface area (Å²) < 4.78 is 16.3. The summed E-state index contributed by atoms with van der Waals surface area (Å²) in [5, 5.41) is 4.14. The lowest BCUT2D eigenvalue weighted by Gasteiger charge is -2.23. The van der Waals surface area contributed by atoms with Crippen LogP contribution in [0.3, 0.4) is 0 Å². The van der Waals surface area contributed by atoms with Crippen LogP contribution in [0.2, 0.25) is 0 Å². The average Bonchev–Trinajstić information content (AvgIpc) is 3.28. The number of benzene rings is 1. The standard InChI is InChI=1S/C27H38N2O5/c1-5-32-26(31)22-16-10-14-20(17-22)24-28-25(34-29-24)21(18-23(30)33-27(2,3)4)15-9-13-19-11-7-6-8-12-19/h10,14,16-17,19,21H,5-9,11-13,15,18H2,1-4H3/t21-/m0/s1. The molecule has 0 spiro atoms. The fraction of sp³-hybridized carbons (Fsp3) is 0.630. The molecule has 186 valence electrons. The Labute approximate surface area is 202 Å². The minimum atomic E-state index is -0.544. The highest BCUT2D eigenvalue weighted by Crippen LogP contribution is 2.32. The molecular formula is C27H38N2O5. The number of hydrogen-bond donors (Lipinski definition) is 0. The highest BCUT2D eigenvalue weighted by Gasteiger charge is 2.26. The molecule has 0 aliphatic heterocycles. The van der Waals surface area contributed by atoms with E-state index in [0.29, 0.717) is 29.4 Å². The van der Waals surface area contributed by atoms with Crippen LogP contribution < -0.4 is 0 Å². The van der Waals surface area contributed by atoms with Crippen molar-refractivity contribution >= 4 is 11.9 Å². The maximum absolute atomic E-state index is 12.6. The monoisotopic (exact) mass is 470 g/mol. The second-order valence-electron chi connectivity index (χ2n) is 10.2. The van der Waals surface area contributed by atoms with Crippen molar-refractivity contribution in [2.24, 2.45) is 5.92 Å². The van der Waals surface area contributed by atoms with Gasteiger partial charge in [0.1, 0.15) is 5.60 Å². The summed E-state index contributed by atoms with van der Waals surface area (Å²) in [6.45, 7) is 7.67. The molecule has 1 saturated carbocycles. The first-order valence-corrected chi connectivity index (χ1v) is 12.6. The van der Waals surface area contributed by atoms with Crippen molar-refractivity contribution in [3.05, 3.63) is 35.7 Å². The van der Waals surface area contributed by atoms with Crippen molar-refractivity contribution in [2.45, 2.75) is 97.0 Å². The van der Waals surface area contributed by atoms with Crippen LogP contribution in [0.15, 0.2) is 28.8 Å². The highest BCUT2D eigenvalue weighted by molar-refractivity contribution is 5.90. The fourth-order valence-electron chi connectivity index (χ4n) is 4.54. The summed E-state index contributed by atoms with van der Waals surface area (Å²) >= 11 is 0. The van der Waals surface area contributed by atoms with E-state index in [1.165, 1.54) is 32.1 Å². The Balaban J connectivity index is 1.72. The Morgan fingerprint density at radius 2 is 1.94 bits per heavy atom. The molecule has 2 aromatic rings. The van der Waals surface area contributed by atoms with E-state index in [-0.39, 0.29) is 18.3 Å². The maximum atomic E-state index is 12.6. The largest absolute Gasteiger partial charge is 0.462 e. The van der Waals surface area contributed by atoms with Crippen LogP contribution in [0.5, 0.6) is 0 Å². The lowest BCUT2D eigenvalue weighted by molar-refractivity contribution is -0.155. The highest BCUT2D eigenvalue weighted by atomic mass is 16.6. The number of nitrogens with zero attached hydrogens (tertiary/aromatic N) is 2. The van der Waals surface area contributed by atoms with Gasteiger partial charge in [-0.05, 0) is 52.2 Å². The van der Waals surface area contributed by atoms with Crippen LogP contribution in [-0.2, 0) is 14.3 Å². The number of aromatic nitrogens is 2. The molecule has 3 rings (SSSR count). The first kappa shape index (κ1) is 25.9. The number of ether oxygens (including phenoxy) is 2. The van der Waals surface area contributed by atoms with Crippen LogP contribution in [-0.4, -0.2) is 34.3 Å². The van der Waals surface area contributed by atoms with Crippen molar-refractivity contribution in [3.8, 4) is 11.4 Å². The summed E-state index contributed by atoms with van der Waals surface area (Å²) in [4.78, 5) is 29.3. The van der Waals surface area contributed by atoms with Crippen LogP contribution in [0.25, 0.3) is 11.4 Å². The third kappa shape index (κ3) is 7.96. The molecule has 0 N–H and O–H groups in total. The van der Waals surface area contributed by atoms with Gasteiger partial charge in [0.25, 0.3) is 0 Å². The predicted octanol–water partition coefficient (Wildman–Crippen LogP) is 6.48. The van der Waals surface area contributed by atoms with Gasteiger partial charge in [-0.3, -0.25) is 4.79 Å². The van der Waals surface area contributed by atoms with Gasteiger partial charge in [0.15, 0.2) is 0 Å². The molecular weight excluding hydrogens is 432 g/mol. The van der Waals surface area contributed by atoms with Crippen LogP contribution in [0.1, 0.15) is 108 Å². The number of carbonyl (C=O) groups is 2. The number of esters is 2. The van der Waals surface area contributed by atoms with Gasteiger partial charge >= 0.3 is 11.9 Å². The normalized spacial score (nSPS) is 15.6. The van der Waals surface area contributed by atoms with E-state index in [1.54, 1.807) is 25.1 Å². The third-order valence-corrected chi connectivity index (χ3v) is 6.15. The zero-order chi connectivity index (χ0) is 24.6. The molecule has 1 atom stereocenters. The molecule has 1 aliphatic carbocycles. The molecule has 1 fully saturated rings. The van der Waals surface area contributed by atoms with E-state index in [0.717, 1.165) is 25.2 Å². The van der Waals surface area contributed by atoms with Crippen molar-refractivity contribution < 1.29 is 23.6 Å².